The molecular formula is C14H24N2O3S. The average Bonchev–Trinajstić information content (AvgIpc) is 2.39. The summed E-state index contributed by atoms with van der Waals surface area (Å²) < 4.78 is 27.4. The molecule has 0 fully saturated rings. The van der Waals surface area contributed by atoms with Crippen LogP contribution in [0.5, 0.6) is 0 Å². The van der Waals surface area contributed by atoms with Crippen molar-refractivity contribution in [1.82, 2.24) is 4.72 Å². The Morgan fingerprint density at radius 3 is 2.45 bits per heavy atom. The predicted molar refractivity (Wildman–Crippen MR) is 81.0 cm³/mol. The van der Waals surface area contributed by atoms with Crippen LogP contribution in [-0.4, -0.2) is 26.7 Å². The van der Waals surface area contributed by atoms with Gasteiger partial charge in [-0.3, -0.25) is 0 Å². The second kappa shape index (κ2) is 7.06. The monoisotopic (exact) mass is 300 g/mol. The number of nitrogen functional groups attached to an aromatic ring is 1. The number of benzene rings is 1. The van der Waals surface area contributed by atoms with Gasteiger partial charge in [-0.05, 0) is 37.3 Å². The number of nitrogens with one attached hydrogen (secondary N) is 1. The van der Waals surface area contributed by atoms with Crippen molar-refractivity contribution in [2.75, 3.05) is 18.9 Å². The molecule has 20 heavy (non-hydrogen) atoms. The van der Waals surface area contributed by atoms with Crippen LogP contribution >= 0.6 is 0 Å². The lowest BCUT2D eigenvalue weighted by atomic mass is 10.0. The Labute approximate surface area is 121 Å². The molecule has 0 saturated carbocycles. The molecular weight excluding hydrogens is 276 g/mol. The first-order valence-electron chi connectivity index (χ1n) is 6.79. The Kier molecular flexibility index (Phi) is 5.98. The van der Waals surface area contributed by atoms with Crippen LogP contribution in [0, 0.1) is 19.8 Å². The molecule has 1 unspecified atom stereocenters. The summed E-state index contributed by atoms with van der Waals surface area (Å²) in [6.45, 7) is 5.86. The second-order valence-electron chi connectivity index (χ2n) is 5.08. The number of nitrogens with two attached hydrogens (primary N) is 1. The van der Waals surface area contributed by atoms with Crippen LogP contribution < -0.4 is 10.5 Å². The lowest BCUT2D eigenvalue weighted by Crippen LogP contribution is -2.30. The fraction of sp³-hybridized carbons (Fsp3) is 0.571. The molecule has 0 spiro atoms. The minimum Gasteiger partial charge on any atom is -0.397 e. The van der Waals surface area contributed by atoms with Crippen molar-refractivity contribution in [2.45, 2.75) is 38.5 Å². The highest BCUT2D eigenvalue weighted by atomic mass is 32.2. The summed E-state index contributed by atoms with van der Waals surface area (Å²) in [5.74, 6) is 0.126. The van der Waals surface area contributed by atoms with Crippen molar-refractivity contribution in [2.24, 2.45) is 5.92 Å². The summed E-state index contributed by atoms with van der Waals surface area (Å²) in [5, 5.41) is 8.94. The van der Waals surface area contributed by atoms with Gasteiger partial charge in [0.2, 0.25) is 10.0 Å². The van der Waals surface area contributed by atoms with Crippen molar-refractivity contribution >= 4 is 15.7 Å². The van der Waals surface area contributed by atoms with Crippen LogP contribution in [0.2, 0.25) is 0 Å². The average molecular weight is 300 g/mol. The molecule has 1 aromatic carbocycles. The number of anilines is 1. The van der Waals surface area contributed by atoms with Gasteiger partial charge >= 0.3 is 0 Å². The van der Waals surface area contributed by atoms with E-state index in [1.54, 1.807) is 19.9 Å². The van der Waals surface area contributed by atoms with Crippen LogP contribution in [0.25, 0.3) is 0 Å². The number of aryl methyl sites for hydroxylation is 2. The molecule has 4 N–H and O–H groups in total. The van der Waals surface area contributed by atoms with Gasteiger partial charge in [0.15, 0.2) is 0 Å². The molecule has 0 aliphatic carbocycles. The van der Waals surface area contributed by atoms with Gasteiger partial charge in [-0.25, -0.2) is 13.1 Å². The summed E-state index contributed by atoms with van der Waals surface area (Å²) in [4.78, 5) is 0.163. The van der Waals surface area contributed by atoms with E-state index in [0.717, 1.165) is 12.0 Å². The zero-order valence-electron chi connectivity index (χ0n) is 12.3. The first kappa shape index (κ1) is 16.9. The Balaban J connectivity index is 2.98. The number of hydrogen-bond acceptors (Lipinski definition) is 4. The Bertz CT molecular complexity index is 556. The molecule has 0 bridgehead atoms. The lowest BCUT2D eigenvalue weighted by molar-refractivity contribution is 0.254. The zero-order valence-corrected chi connectivity index (χ0v) is 13.1. The summed E-state index contributed by atoms with van der Waals surface area (Å²) in [6, 6.07) is 3.57. The largest absolute Gasteiger partial charge is 0.397 e. The third kappa shape index (κ3) is 3.94. The number of rotatable bonds is 7. The molecule has 0 radical (unpaired) electrons. The van der Waals surface area contributed by atoms with Crippen molar-refractivity contribution in [3.63, 3.8) is 0 Å². The van der Waals surface area contributed by atoms with Gasteiger partial charge in [0.1, 0.15) is 4.90 Å². The number of hydrogen-bond donors (Lipinski definition) is 3. The van der Waals surface area contributed by atoms with Crippen LogP contribution in [0.4, 0.5) is 5.69 Å². The van der Waals surface area contributed by atoms with Crippen LogP contribution in [-0.2, 0) is 10.0 Å². The summed E-state index contributed by atoms with van der Waals surface area (Å²) >= 11 is 0. The SMILES string of the molecule is CCC(CCO)CNS(=O)(=O)c1c(C)ccc(C)c1N. The lowest BCUT2D eigenvalue weighted by Gasteiger charge is -2.17. The van der Waals surface area contributed by atoms with Gasteiger partial charge in [0.25, 0.3) is 0 Å². The zero-order chi connectivity index (χ0) is 15.3. The van der Waals surface area contributed by atoms with Gasteiger partial charge < -0.3 is 10.8 Å². The first-order chi connectivity index (χ1) is 9.33. The highest BCUT2D eigenvalue weighted by molar-refractivity contribution is 7.89. The summed E-state index contributed by atoms with van der Waals surface area (Å²) in [6.07, 6.45) is 1.40. The molecule has 0 aromatic heterocycles. The molecule has 114 valence electrons. The van der Waals surface area contributed by atoms with Crippen molar-refractivity contribution in [3.05, 3.63) is 23.3 Å². The van der Waals surface area contributed by atoms with Crippen LogP contribution in [0.1, 0.15) is 30.9 Å². The van der Waals surface area contributed by atoms with Crippen molar-refractivity contribution in [1.29, 1.82) is 0 Å². The fourth-order valence-corrected chi connectivity index (χ4v) is 3.64. The van der Waals surface area contributed by atoms with E-state index in [9.17, 15) is 8.42 Å². The minimum absolute atomic E-state index is 0.0614. The number of sulfonamides is 1. The fourth-order valence-electron chi connectivity index (χ4n) is 2.10. The Morgan fingerprint density at radius 2 is 1.90 bits per heavy atom. The number of aliphatic hydroxyl groups excluding tert-OH is 1. The molecule has 1 aromatic rings. The second-order valence-corrected chi connectivity index (χ2v) is 6.78. The Hall–Kier alpha value is -1.11. The van der Waals surface area contributed by atoms with E-state index in [1.807, 2.05) is 13.0 Å². The van der Waals surface area contributed by atoms with Gasteiger partial charge in [-0.2, -0.15) is 0 Å². The topological polar surface area (TPSA) is 92.4 Å². The number of aliphatic hydroxyl groups is 1. The normalized spacial score (nSPS) is 13.4. The van der Waals surface area contributed by atoms with E-state index >= 15 is 0 Å². The molecule has 0 saturated heterocycles. The summed E-state index contributed by atoms with van der Waals surface area (Å²) in [7, 11) is -3.62. The molecule has 0 aliphatic heterocycles. The van der Waals surface area contributed by atoms with Crippen molar-refractivity contribution in [3.8, 4) is 0 Å². The van der Waals surface area contributed by atoms with E-state index in [2.05, 4.69) is 4.72 Å². The molecule has 1 atom stereocenters. The quantitative estimate of drug-likeness (QED) is 0.666. The highest BCUT2D eigenvalue weighted by Gasteiger charge is 2.22. The molecule has 0 aliphatic rings. The van der Waals surface area contributed by atoms with E-state index < -0.39 is 10.0 Å². The van der Waals surface area contributed by atoms with Gasteiger partial charge in [-0.15, -0.1) is 0 Å². The van der Waals surface area contributed by atoms with E-state index in [1.165, 1.54) is 0 Å². The van der Waals surface area contributed by atoms with E-state index in [0.29, 0.717) is 24.2 Å². The van der Waals surface area contributed by atoms with Crippen molar-refractivity contribution < 1.29 is 13.5 Å². The third-order valence-electron chi connectivity index (χ3n) is 3.56. The van der Waals surface area contributed by atoms with Gasteiger partial charge in [0, 0.05) is 13.2 Å². The first-order valence-corrected chi connectivity index (χ1v) is 8.28. The summed E-state index contributed by atoms with van der Waals surface area (Å²) in [5.41, 5.74) is 7.59. The maximum Gasteiger partial charge on any atom is 0.242 e. The molecule has 5 nitrogen and oxygen atoms in total. The van der Waals surface area contributed by atoms with Gasteiger partial charge in [-0.1, -0.05) is 25.5 Å². The maximum atomic E-state index is 12.4. The van der Waals surface area contributed by atoms with E-state index in [-0.39, 0.29) is 17.4 Å². The molecule has 6 heteroatoms. The van der Waals surface area contributed by atoms with Crippen LogP contribution in [0.3, 0.4) is 0 Å². The highest BCUT2D eigenvalue weighted by Crippen LogP contribution is 2.25. The third-order valence-corrected chi connectivity index (χ3v) is 5.18. The maximum absolute atomic E-state index is 12.4. The predicted octanol–water partition coefficient (Wildman–Crippen LogP) is 1.57. The van der Waals surface area contributed by atoms with Gasteiger partial charge in [0.05, 0.1) is 5.69 Å². The minimum atomic E-state index is -3.62. The van der Waals surface area contributed by atoms with E-state index in [4.69, 9.17) is 10.8 Å². The molecule has 0 heterocycles. The molecule has 1 rings (SSSR count). The Morgan fingerprint density at radius 1 is 1.30 bits per heavy atom. The van der Waals surface area contributed by atoms with Crippen LogP contribution in [0.15, 0.2) is 17.0 Å². The molecule has 0 amide bonds. The standard InChI is InChI=1S/C14H24N2O3S/c1-4-12(7-8-17)9-16-20(18,19)14-11(3)6-5-10(2)13(14)15/h5-6,12,16-17H,4,7-9,15H2,1-3H3. The smallest absolute Gasteiger partial charge is 0.242 e.